The zero-order chi connectivity index (χ0) is 19.4. The summed E-state index contributed by atoms with van der Waals surface area (Å²) >= 11 is 0. The Balaban J connectivity index is 0.000000219. The Labute approximate surface area is 156 Å². The minimum absolute atomic E-state index is 0.323. The van der Waals surface area contributed by atoms with E-state index in [1.807, 2.05) is 88.4 Å². The molecule has 4 rings (SSSR count). The normalized spacial score (nSPS) is 9.08. The van der Waals surface area contributed by atoms with Gasteiger partial charge in [-0.15, -0.1) is 0 Å². The lowest BCUT2D eigenvalue weighted by Gasteiger charge is -1.96. The van der Waals surface area contributed by atoms with Gasteiger partial charge in [-0.2, -0.15) is 0 Å². The second kappa shape index (κ2) is 11.5. The average molecular weight is 348 g/mol. The van der Waals surface area contributed by atoms with Gasteiger partial charge in [0.05, 0.1) is 0 Å². The Morgan fingerprint density at radius 2 is 0.731 bits per heavy atom. The molecule has 2 heteroatoms. The van der Waals surface area contributed by atoms with Crippen LogP contribution in [0.5, 0.6) is 11.5 Å². The van der Waals surface area contributed by atoms with Gasteiger partial charge in [0.15, 0.2) is 0 Å². The van der Waals surface area contributed by atoms with E-state index in [1.165, 1.54) is 0 Å². The quantitative estimate of drug-likeness (QED) is 0.354. The number of fused-ring (bicyclic) bond motifs is 2. The van der Waals surface area contributed by atoms with E-state index in [0.717, 1.165) is 21.5 Å². The molecule has 0 spiro atoms. The van der Waals surface area contributed by atoms with E-state index in [1.54, 1.807) is 24.3 Å². The molecule has 0 aliphatic carbocycles. The molecule has 2 nitrogen and oxygen atoms in total. The van der Waals surface area contributed by atoms with Gasteiger partial charge < -0.3 is 10.2 Å². The van der Waals surface area contributed by atoms with Crippen LogP contribution in [0.3, 0.4) is 0 Å². The number of hydrogen-bond donors (Lipinski definition) is 2. The molecule has 0 heterocycles. The predicted octanol–water partition coefficient (Wildman–Crippen LogP) is 7.14. The SMILES string of the molecule is CC.CC.Oc1ccc2ccccc2c1.Oc1ccc2ccccc2c1. The molecule has 26 heavy (non-hydrogen) atoms. The third-order valence-electron chi connectivity index (χ3n) is 3.47. The number of rotatable bonds is 0. The van der Waals surface area contributed by atoms with E-state index in [-0.39, 0.29) is 0 Å². The molecule has 4 aromatic rings. The summed E-state index contributed by atoms with van der Waals surface area (Å²) in [5, 5.41) is 22.7. The van der Waals surface area contributed by atoms with E-state index in [2.05, 4.69) is 0 Å². The number of phenols is 2. The first-order valence-electron chi connectivity index (χ1n) is 9.08. The monoisotopic (exact) mass is 348 g/mol. The lowest BCUT2D eigenvalue weighted by molar-refractivity contribution is 0.475. The maximum absolute atomic E-state index is 9.13. The number of aromatic hydroxyl groups is 2. The first-order chi connectivity index (χ1) is 12.7. The number of benzene rings is 4. The molecule has 136 valence electrons. The van der Waals surface area contributed by atoms with E-state index in [4.69, 9.17) is 10.2 Å². The van der Waals surface area contributed by atoms with Gasteiger partial charge in [-0.3, -0.25) is 0 Å². The van der Waals surface area contributed by atoms with Crippen LogP contribution < -0.4 is 0 Å². The molecule has 0 atom stereocenters. The highest BCUT2D eigenvalue weighted by Crippen LogP contribution is 2.19. The summed E-state index contributed by atoms with van der Waals surface area (Å²) in [7, 11) is 0. The smallest absolute Gasteiger partial charge is 0.116 e. The third-order valence-corrected chi connectivity index (χ3v) is 3.47. The number of phenolic OH excluding ortho intramolecular Hbond substituents is 2. The van der Waals surface area contributed by atoms with E-state index < -0.39 is 0 Å². The first kappa shape index (κ1) is 21.0. The molecule has 0 unspecified atom stereocenters. The van der Waals surface area contributed by atoms with Crippen molar-refractivity contribution in [1.82, 2.24) is 0 Å². The van der Waals surface area contributed by atoms with Crippen LogP contribution in [0, 0.1) is 0 Å². The van der Waals surface area contributed by atoms with Gasteiger partial charge in [-0.1, -0.05) is 88.4 Å². The van der Waals surface area contributed by atoms with Crippen molar-refractivity contribution < 1.29 is 10.2 Å². The van der Waals surface area contributed by atoms with Crippen LogP contribution in [0.15, 0.2) is 84.9 Å². The maximum atomic E-state index is 9.13. The van der Waals surface area contributed by atoms with E-state index in [9.17, 15) is 0 Å². The molecule has 0 bridgehead atoms. The fourth-order valence-corrected chi connectivity index (χ4v) is 2.35. The molecule has 0 fully saturated rings. The Morgan fingerprint density at radius 3 is 1.08 bits per heavy atom. The number of hydrogen-bond acceptors (Lipinski definition) is 2. The zero-order valence-electron chi connectivity index (χ0n) is 16.0. The van der Waals surface area contributed by atoms with Crippen molar-refractivity contribution in [2.24, 2.45) is 0 Å². The minimum Gasteiger partial charge on any atom is -0.508 e. The Kier molecular flexibility index (Phi) is 9.34. The van der Waals surface area contributed by atoms with Crippen LogP contribution in [0.2, 0.25) is 0 Å². The maximum Gasteiger partial charge on any atom is 0.116 e. The fraction of sp³-hybridized carbons (Fsp3) is 0.167. The van der Waals surface area contributed by atoms with Crippen molar-refractivity contribution in [2.75, 3.05) is 0 Å². The predicted molar refractivity (Wildman–Crippen MR) is 114 cm³/mol. The minimum atomic E-state index is 0.323. The van der Waals surface area contributed by atoms with Gasteiger partial charge in [-0.05, 0) is 45.8 Å². The van der Waals surface area contributed by atoms with Crippen LogP contribution in [0.1, 0.15) is 27.7 Å². The van der Waals surface area contributed by atoms with Crippen molar-refractivity contribution in [3.63, 3.8) is 0 Å². The van der Waals surface area contributed by atoms with Gasteiger partial charge in [0.25, 0.3) is 0 Å². The Morgan fingerprint density at radius 1 is 0.423 bits per heavy atom. The molecule has 2 N–H and O–H groups in total. The third kappa shape index (κ3) is 6.14. The molecule has 0 aliphatic heterocycles. The van der Waals surface area contributed by atoms with Crippen LogP contribution in [-0.4, -0.2) is 10.2 Å². The van der Waals surface area contributed by atoms with E-state index in [0.29, 0.717) is 11.5 Å². The van der Waals surface area contributed by atoms with Gasteiger partial charge in [0.1, 0.15) is 11.5 Å². The Hall–Kier alpha value is -3.00. The molecule has 4 aromatic carbocycles. The summed E-state index contributed by atoms with van der Waals surface area (Å²) in [4.78, 5) is 0. The molecular weight excluding hydrogens is 320 g/mol. The fourth-order valence-electron chi connectivity index (χ4n) is 2.35. The molecule has 0 saturated carbocycles. The Bertz CT molecular complexity index is 836. The first-order valence-corrected chi connectivity index (χ1v) is 9.08. The van der Waals surface area contributed by atoms with Crippen LogP contribution in [-0.2, 0) is 0 Å². The summed E-state index contributed by atoms with van der Waals surface area (Å²) in [6, 6.07) is 26.6. The highest BCUT2D eigenvalue weighted by atomic mass is 16.3. The van der Waals surface area contributed by atoms with Crippen LogP contribution in [0.25, 0.3) is 21.5 Å². The van der Waals surface area contributed by atoms with Crippen molar-refractivity contribution in [3.05, 3.63) is 84.9 Å². The summed E-state index contributed by atoms with van der Waals surface area (Å²) in [6.07, 6.45) is 0. The molecule has 0 radical (unpaired) electrons. The zero-order valence-corrected chi connectivity index (χ0v) is 16.0. The van der Waals surface area contributed by atoms with Gasteiger partial charge in [0.2, 0.25) is 0 Å². The van der Waals surface area contributed by atoms with Gasteiger partial charge in [0, 0.05) is 0 Å². The van der Waals surface area contributed by atoms with Gasteiger partial charge >= 0.3 is 0 Å². The van der Waals surface area contributed by atoms with Crippen LogP contribution in [0.4, 0.5) is 0 Å². The summed E-state index contributed by atoms with van der Waals surface area (Å²) in [6.45, 7) is 8.00. The summed E-state index contributed by atoms with van der Waals surface area (Å²) in [5.41, 5.74) is 0. The highest BCUT2D eigenvalue weighted by molar-refractivity contribution is 5.84. The highest BCUT2D eigenvalue weighted by Gasteiger charge is 1.92. The molecule has 0 saturated heterocycles. The van der Waals surface area contributed by atoms with Crippen molar-refractivity contribution in [3.8, 4) is 11.5 Å². The van der Waals surface area contributed by atoms with Crippen molar-refractivity contribution in [2.45, 2.75) is 27.7 Å². The molecule has 0 aliphatic rings. The molecular formula is C24H28O2. The van der Waals surface area contributed by atoms with Crippen LogP contribution >= 0.6 is 0 Å². The largest absolute Gasteiger partial charge is 0.508 e. The second-order valence-electron chi connectivity index (χ2n) is 5.06. The second-order valence-corrected chi connectivity index (χ2v) is 5.06. The lowest BCUT2D eigenvalue weighted by atomic mass is 10.1. The summed E-state index contributed by atoms with van der Waals surface area (Å²) in [5.74, 6) is 0.646. The molecule has 0 amide bonds. The van der Waals surface area contributed by atoms with E-state index >= 15 is 0 Å². The van der Waals surface area contributed by atoms with Crippen molar-refractivity contribution >= 4 is 21.5 Å². The molecule has 0 aromatic heterocycles. The van der Waals surface area contributed by atoms with Gasteiger partial charge in [-0.25, -0.2) is 0 Å². The topological polar surface area (TPSA) is 40.5 Å². The standard InChI is InChI=1S/2C10H8O.2C2H6/c2*11-10-6-5-8-3-1-2-4-9(8)7-10;2*1-2/h2*1-7,11H;2*1-2H3. The average Bonchev–Trinajstić information content (AvgIpc) is 2.71. The summed E-state index contributed by atoms with van der Waals surface area (Å²) < 4.78 is 0. The lowest BCUT2D eigenvalue weighted by Crippen LogP contribution is -1.69. The van der Waals surface area contributed by atoms with Crippen molar-refractivity contribution in [1.29, 1.82) is 0 Å².